The number of carbonyl (C=O) groups is 1. The number of nitrogens with zero attached hydrogens (tertiary/aromatic N) is 2. The Morgan fingerprint density at radius 3 is 2.25 bits per heavy atom. The molecule has 3 rings (SSSR count). The molecule has 5 nitrogen and oxygen atoms in total. The number of esters is 1. The van der Waals surface area contributed by atoms with E-state index in [-0.39, 0.29) is 12.5 Å². The van der Waals surface area contributed by atoms with Gasteiger partial charge in [-0.1, -0.05) is 71.6 Å². The van der Waals surface area contributed by atoms with Crippen molar-refractivity contribution in [3.63, 3.8) is 0 Å². The molecule has 0 spiro atoms. The summed E-state index contributed by atoms with van der Waals surface area (Å²) in [6.07, 6.45) is 19.0. The first kappa shape index (κ1) is 32.5. The number of ether oxygens (including phenoxy) is 2. The van der Waals surface area contributed by atoms with E-state index in [1.165, 1.54) is 56.9 Å². The van der Waals surface area contributed by atoms with Gasteiger partial charge in [-0.05, 0) is 90.6 Å². The molecule has 0 bridgehead atoms. The lowest BCUT2D eigenvalue weighted by Gasteiger charge is -2.28. The van der Waals surface area contributed by atoms with Gasteiger partial charge in [0.15, 0.2) is 12.0 Å². The first-order valence-electron chi connectivity index (χ1n) is 15.6. The maximum Gasteiger partial charge on any atom is 0.340 e. The molecule has 1 aromatic carbocycles. The molecule has 0 saturated heterocycles. The molecular weight excluding hydrogens is 571 g/mol. The van der Waals surface area contributed by atoms with Crippen molar-refractivity contribution in [2.75, 3.05) is 6.61 Å². The van der Waals surface area contributed by atoms with Crippen LogP contribution >= 0.6 is 15.9 Å². The van der Waals surface area contributed by atoms with Gasteiger partial charge in [-0.2, -0.15) is 0 Å². The highest BCUT2D eigenvalue weighted by Gasteiger charge is 2.27. The molecule has 0 N–H and O–H groups in total. The van der Waals surface area contributed by atoms with Gasteiger partial charge in [0, 0.05) is 18.0 Å². The van der Waals surface area contributed by atoms with Gasteiger partial charge in [-0.3, -0.25) is 0 Å². The van der Waals surface area contributed by atoms with Gasteiger partial charge in [0.25, 0.3) is 0 Å². The molecule has 1 aliphatic carbocycles. The molecule has 0 unspecified atom stereocenters. The number of rotatable bonds is 18. The molecule has 40 heavy (non-hydrogen) atoms. The van der Waals surface area contributed by atoms with Crippen LogP contribution in [0.3, 0.4) is 0 Å². The molecule has 0 amide bonds. The molecule has 1 atom stereocenters. The SMILES string of the molecule is CCCCCCCCCCc1cnc(-c2ccc(OCC3CCC(OC(=O)[C@@H](F)CCCC)CC3)c(Br)c2)nc1. The lowest BCUT2D eigenvalue weighted by atomic mass is 9.88. The molecule has 0 radical (unpaired) electrons. The van der Waals surface area contributed by atoms with E-state index in [4.69, 9.17) is 9.47 Å². The summed E-state index contributed by atoms with van der Waals surface area (Å²) in [5.74, 6) is 1.20. The Balaban J connectivity index is 1.37. The topological polar surface area (TPSA) is 61.3 Å². The number of hydrogen-bond donors (Lipinski definition) is 0. The number of carbonyl (C=O) groups excluding carboxylic acids is 1. The minimum Gasteiger partial charge on any atom is -0.492 e. The molecule has 1 heterocycles. The average Bonchev–Trinajstić information content (AvgIpc) is 2.97. The number of unbranched alkanes of at least 4 members (excludes halogenated alkanes) is 8. The Kier molecular flexibility index (Phi) is 15.0. The summed E-state index contributed by atoms with van der Waals surface area (Å²) in [6, 6.07) is 5.96. The number of aromatic nitrogens is 2. The zero-order chi connectivity index (χ0) is 28.6. The van der Waals surface area contributed by atoms with Crippen molar-refractivity contribution in [1.82, 2.24) is 9.97 Å². The minimum absolute atomic E-state index is 0.179. The molecule has 1 fully saturated rings. The van der Waals surface area contributed by atoms with Gasteiger partial charge in [-0.15, -0.1) is 0 Å². The van der Waals surface area contributed by atoms with E-state index in [1.807, 2.05) is 37.5 Å². The largest absolute Gasteiger partial charge is 0.492 e. The van der Waals surface area contributed by atoms with Crippen LogP contribution in [-0.2, 0) is 16.0 Å². The Hall–Kier alpha value is -2.02. The third kappa shape index (κ3) is 11.5. The third-order valence-electron chi connectivity index (χ3n) is 7.83. The van der Waals surface area contributed by atoms with E-state index < -0.39 is 12.1 Å². The van der Waals surface area contributed by atoms with Gasteiger partial charge >= 0.3 is 5.97 Å². The van der Waals surface area contributed by atoms with Crippen molar-refractivity contribution in [3.05, 3.63) is 40.6 Å². The van der Waals surface area contributed by atoms with Gasteiger partial charge in [0.1, 0.15) is 11.9 Å². The second kappa shape index (κ2) is 18.4. The molecule has 1 saturated carbocycles. The van der Waals surface area contributed by atoms with Crippen LogP contribution < -0.4 is 4.74 Å². The van der Waals surface area contributed by atoms with Crippen molar-refractivity contribution in [2.24, 2.45) is 5.92 Å². The Morgan fingerprint density at radius 1 is 0.950 bits per heavy atom. The summed E-state index contributed by atoms with van der Waals surface area (Å²) in [7, 11) is 0. The fourth-order valence-electron chi connectivity index (χ4n) is 5.22. The maximum atomic E-state index is 13.9. The van der Waals surface area contributed by atoms with Crippen molar-refractivity contribution < 1.29 is 18.7 Å². The molecular formula is C33H48BrFN2O3. The van der Waals surface area contributed by atoms with E-state index in [1.54, 1.807) is 0 Å². The van der Waals surface area contributed by atoms with Crippen LogP contribution in [0.2, 0.25) is 0 Å². The number of aryl methyl sites for hydroxylation is 1. The Morgan fingerprint density at radius 2 is 1.60 bits per heavy atom. The minimum atomic E-state index is -1.50. The highest BCUT2D eigenvalue weighted by molar-refractivity contribution is 9.10. The van der Waals surface area contributed by atoms with Crippen LogP contribution in [0.1, 0.15) is 116 Å². The summed E-state index contributed by atoms with van der Waals surface area (Å²) < 4.78 is 26.3. The van der Waals surface area contributed by atoms with Gasteiger partial charge < -0.3 is 9.47 Å². The monoisotopic (exact) mass is 618 g/mol. The first-order chi connectivity index (χ1) is 19.5. The molecule has 1 aliphatic rings. The summed E-state index contributed by atoms with van der Waals surface area (Å²) in [4.78, 5) is 21.2. The van der Waals surface area contributed by atoms with E-state index in [0.29, 0.717) is 24.8 Å². The first-order valence-corrected chi connectivity index (χ1v) is 16.4. The van der Waals surface area contributed by atoms with Gasteiger partial charge in [0.05, 0.1) is 11.1 Å². The highest BCUT2D eigenvalue weighted by Crippen LogP contribution is 2.32. The summed E-state index contributed by atoms with van der Waals surface area (Å²) >= 11 is 3.65. The van der Waals surface area contributed by atoms with E-state index in [9.17, 15) is 9.18 Å². The van der Waals surface area contributed by atoms with Gasteiger partial charge in [0.2, 0.25) is 0 Å². The Labute approximate surface area is 249 Å². The van der Waals surface area contributed by atoms with Crippen molar-refractivity contribution in [1.29, 1.82) is 0 Å². The Bertz CT molecular complexity index is 996. The quantitative estimate of drug-likeness (QED) is 0.123. The van der Waals surface area contributed by atoms with Crippen molar-refractivity contribution in [2.45, 2.75) is 129 Å². The number of halogens is 2. The lowest BCUT2D eigenvalue weighted by Crippen LogP contribution is -2.30. The molecule has 2 aromatic rings. The molecule has 7 heteroatoms. The predicted molar refractivity (Wildman–Crippen MR) is 163 cm³/mol. The van der Waals surface area contributed by atoms with E-state index in [2.05, 4.69) is 32.8 Å². The molecule has 0 aliphatic heterocycles. The van der Waals surface area contributed by atoms with Crippen LogP contribution in [0.15, 0.2) is 35.1 Å². The number of alkyl halides is 1. The zero-order valence-electron chi connectivity index (χ0n) is 24.5. The fourth-order valence-corrected chi connectivity index (χ4v) is 5.71. The van der Waals surface area contributed by atoms with Crippen molar-refractivity contribution in [3.8, 4) is 17.1 Å². The second-order valence-corrected chi connectivity index (χ2v) is 12.1. The highest BCUT2D eigenvalue weighted by atomic mass is 79.9. The lowest BCUT2D eigenvalue weighted by molar-refractivity contribution is -0.157. The van der Waals surface area contributed by atoms with Crippen molar-refractivity contribution >= 4 is 21.9 Å². The summed E-state index contributed by atoms with van der Waals surface area (Å²) in [5.41, 5.74) is 2.14. The van der Waals surface area contributed by atoms with Crippen LogP contribution in [0.25, 0.3) is 11.4 Å². The molecule has 222 valence electrons. The standard InChI is InChI=1S/C33H48BrFN2O3/c1-3-5-7-8-9-10-11-12-13-26-22-36-32(37-23-26)27-17-20-31(29(34)21-27)39-24-25-15-18-28(19-16-25)40-33(38)30(35)14-6-4-2/h17,20-23,25,28,30H,3-16,18-19,24H2,1-2H3/t25?,28?,30-/m0/s1. The normalized spacial score (nSPS) is 17.9. The third-order valence-corrected chi connectivity index (χ3v) is 8.45. The maximum absolute atomic E-state index is 13.9. The van der Waals surface area contributed by atoms with Crippen LogP contribution in [0.5, 0.6) is 5.75 Å². The number of hydrogen-bond acceptors (Lipinski definition) is 5. The van der Waals surface area contributed by atoms with Crippen LogP contribution in [0.4, 0.5) is 4.39 Å². The molecule has 1 aromatic heterocycles. The smallest absolute Gasteiger partial charge is 0.340 e. The predicted octanol–water partition coefficient (Wildman–Crippen LogP) is 9.60. The second-order valence-electron chi connectivity index (χ2n) is 11.3. The zero-order valence-corrected chi connectivity index (χ0v) is 26.1. The fraction of sp³-hybridized carbons (Fsp3) is 0.667. The van der Waals surface area contributed by atoms with E-state index >= 15 is 0 Å². The van der Waals surface area contributed by atoms with Crippen LogP contribution in [-0.4, -0.2) is 34.8 Å². The summed E-state index contributed by atoms with van der Waals surface area (Å²) in [5, 5.41) is 0. The number of benzene rings is 1. The van der Waals surface area contributed by atoms with Gasteiger partial charge in [-0.25, -0.2) is 19.2 Å². The average molecular weight is 620 g/mol. The van der Waals surface area contributed by atoms with Crippen LogP contribution in [0, 0.1) is 5.92 Å². The summed E-state index contributed by atoms with van der Waals surface area (Å²) in [6.45, 7) is 4.85. The van der Waals surface area contributed by atoms with E-state index in [0.717, 1.165) is 54.3 Å².